The smallest absolute Gasteiger partial charge is 0.253 e. The molecule has 1 heterocycles. The third-order valence-electron chi connectivity index (χ3n) is 3.56. The Morgan fingerprint density at radius 2 is 2.11 bits per heavy atom. The van der Waals surface area contributed by atoms with Crippen molar-refractivity contribution in [2.75, 3.05) is 25.4 Å². The number of rotatable bonds is 4. The van der Waals surface area contributed by atoms with Crippen LogP contribution in [0.3, 0.4) is 0 Å². The fourth-order valence-corrected chi connectivity index (χ4v) is 2.59. The Hall–Kier alpha value is -1.55. The largest absolute Gasteiger partial charge is 0.398 e. The maximum Gasteiger partial charge on any atom is 0.253 e. The lowest BCUT2D eigenvalue weighted by Crippen LogP contribution is -2.41. The maximum absolute atomic E-state index is 12.2. The first kappa shape index (κ1) is 13.9. The van der Waals surface area contributed by atoms with Crippen LogP contribution in [0.1, 0.15) is 35.7 Å². The highest BCUT2D eigenvalue weighted by atomic mass is 16.1. The molecule has 1 fully saturated rings. The van der Waals surface area contributed by atoms with E-state index < -0.39 is 0 Å². The van der Waals surface area contributed by atoms with E-state index >= 15 is 0 Å². The topological polar surface area (TPSA) is 58.4 Å². The van der Waals surface area contributed by atoms with Gasteiger partial charge in [-0.1, -0.05) is 6.07 Å². The van der Waals surface area contributed by atoms with Crippen LogP contribution in [0.25, 0.3) is 0 Å². The van der Waals surface area contributed by atoms with Gasteiger partial charge in [-0.2, -0.15) is 0 Å². The quantitative estimate of drug-likeness (QED) is 0.812. The van der Waals surface area contributed by atoms with Gasteiger partial charge in [0, 0.05) is 18.3 Å². The minimum absolute atomic E-state index is 0.0794. The van der Waals surface area contributed by atoms with Crippen molar-refractivity contribution in [2.24, 2.45) is 0 Å². The first-order valence-corrected chi connectivity index (χ1v) is 6.95. The number of nitrogen functional groups attached to an aromatic ring is 1. The summed E-state index contributed by atoms with van der Waals surface area (Å²) in [6.07, 6.45) is 2.54. The van der Waals surface area contributed by atoms with E-state index in [-0.39, 0.29) is 11.9 Å². The lowest BCUT2D eigenvalue weighted by atomic mass is 10.1. The van der Waals surface area contributed by atoms with E-state index in [2.05, 4.69) is 10.2 Å². The summed E-state index contributed by atoms with van der Waals surface area (Å²) in [5.41, 5.74) is 8.07. The van der Waals surface area contributed by atoms with E-state index in [0.29, 0.717) is 11.3 Å². The molecule has 1 amide bonds. The van der Waals surface area contributed by atoms with Crippen LogP contribution in [-0.2, 0) is 0 Å². The van der Waals surface area contributed by atoms with Crippen molar-refractivity contribution in [1.82, 2.24) is 10.2 Å². The minimum atomic E-state index is -0.0794. The third-order valence-corrected chi connectivity index (χ3v) is 3.56. The monoisotopic (exact) mass is 261 g/mol. The molecule has 0 spiro atoms. The number of hydrogen-bond donors (Lipinski definition) is 2. The van der Waals surface area contributed by atoms with Crippen molar-refractivity contribution < 1.29 is 4.79 Å². The van der Waals surface area contributed by atoms with Crippen LogP contribution in [0.4, 0.5) is 5.69 Å². The van der Waals surface area contributed by atoms with Crippen LogP contribution in [-0.4, -0.2) is 36.5 Å². The normalized spacial score (nSPS) is 17.4. The van der Waals surface area contributed by atoms with Crippen LogP contribution < -0.4 is 11.1 Å². The molecule has 1 aromatic carbocycles. The third kappa shape index (κ3) is 3.70. The second-order valence-electron chi connectivity index (χ2n) is 5.47. The van der Waals surface area contributed by atoms with Crippen molar-refractivity contribution in [2.45, 2.75) is 32.7 Å². The molecule has 1 aliphatic heterocycles. The number of carbonyl (C=O) groups is 1. The summed E-state index contributed by atoms with van der Waals surface area (Å²) in [4.78, 5) is 14.5. The molecule has 1 aliphatic rings. The molecular formula is C15H23N3O. The lowest BCUT2D eigenvalue weighted by molar-refractivity contribution is 0.0933. The number of anilines is 1. The second kappa shape index (κ2) is 6.06. The minimum Gasteiger partial charge on any atom is -0.398 e. The van der Waals surface area contributed by atoms with Gasteiger partial charge < -0.3 is 16.0 Å². The van der Waals surface area contributed by atoms with Crippen LogP contribution in [0.5, 0.6) is 0 Å². The number of aryl methyl sites for hydroxylation is 1. The highest BCUT2D eigenvalue weighted by Gasteiger charge is 2.17. The van der Waals surface area contributed by atoms with E-state index in [1.54, 1.807) is 6.07 Å². The Labute approximate surface area is 115 Å². The Bertz CT molecular complexity index is 453. The average molecular weight is 261 g/mol. The maximum atomic E-state index is 12.2. The number of hydrogen-bond acceptors (Lipinski definition) is 3. The van der Waals surface area contributed by atoms with Gasteiger partial charge in [-0.25, -0.2) is 0 Å². The number of likely N-dealkylation sites (tertiary alicyclic amines) is 1. The standard InChI is InChI=1S/C15H23N3O/c1-11-5-6-13(14(16)9-11)15(19)17-12(2)10-18-7-3-4-8-18/h5-6,9,12H,3-4,7-8,10,16H2,1-2H3,(H,17,19). The van der Waals surface area contributed by atoms with Crippen LogP contribution in [0.2, 0.25) is 0 Å². The Morgan fingerprint density at radius 1 is 1.42 bits per heavy atom. The van der Waals surface area contributed by atoms with Crippen molar-refractivity contribution in [3.05, 3.63) is 29.3 Å². The summed E-state index contributed by atoms with van der Waals surface area (Å²) in [6.45, 7) is 7.21. The molecule has 104 valence electrons. The molecule has 0 saturated carbocycles. The summed E-state index contributed by atoms with van der Waals surface area (Å²) < 4.78 is 0. The first-order chi connectivity index (χ1) is 9.06. The van der Waals surface area contributed by atoms with Crippen LogP contribution >= 0.6 is 0 Å². The molecule has 1 unspecified atom stereocenters. The van der Waals surface area contributed by atoms with Gasteiger partial charge >= 0.3 is 0 Å². The van der Waals surface area contributed by atoms with Crippen molar-refractivity contribution in [3.8, 4) is 0 Å². The number of nitrogens with zero attached hydrogens (tertiary/aromatic N) is 1. The Morgan fingerprint density at radius 3 is 2.74 bits per heavy atom. The van der Waals surface area contributed by atoms with E-state index in [1.165, 1.54) is 12.8 Å². The Balaban J connectivity index is 1.92. The molecule has 0 aliphatic carbocycles. The van der Waals surface area contributed by atoms with Crippen LogP contribution in [0.15, 0.2) is 18.2 Å². The Kier molecular flexibility index (Phi) is 4.43. The molecule has 3 N–H and O–H groups in total. The van der Waals surface area contributed by atoms with Crippen molar-refractivity contribution in [1.29, 1.82) is 0 Å². The summed E-state index contributed by atoms with van der Waals surface area (Å²) in [6, 6.07) is 5.69. The van der Waals surface area contributed by atoms with E-state index in [4.69, 9.17) is 5.73 Å². The van der Waals surface area contributed by atoms with Crippen LogP contribution in [0, 0.1) is 6.92 Å². The summed E-state index contributed by atoms with van der Waals surface area (Å²) in [5.74, 6) is -0.0794. The molecule has 1 aromatic rings. The fourth-order valence-electron chi connectivity index (χ4n) is 2.59. The zero-order chi connectivity index (χ0) is 13.8. The molecule has 4 nitrogen and oxygen atoms in total. The predicted molar refractivity (Wildman–Crippen MR) is 78.2 cm³/mol. The first-order valence-electron chi connectivity index (χ1n) is 6.95. The summed E-state index contributed by atoms with van der Waals surface area (Å²) in [5, 5.41) is 3.02. The number of nitrogens with one attached hydrogen (secondary N) is 1. The van der Waals surface area contributed by atoms with E-state index in [9.17, 15) is 4.79 Å². The SMILES string of the molecule is Cc1ccc(C(=O)NC(C)CN2CCCC2)c(N)c1. The molecule has 4 heteroatoms. The summed E-state index contributed by atoms with van der Waals surface area (Å²) in [7, 11) is 0. The highest BCUT2D eigenvalue weighted by molar-refractivity contribution is 5.99. The molecule has 0 bridgehead atoms. The number of amides is 1. The molecule has 0 aromatic heterocycles. The molecule has 0 radical (unpaired) electrons. The molecule has 1 saturated heterocycles. The van der Waals surface area contributed by atoms with Gasteiger partial charge in [0.25, 0.3) is 5.91 Å². The van der Waals surface area contributed by atoms with E-state index in [1.807, 2.05) is 26.0 Å². The number of benzene rings is 1. The predicted octanol–water partition coefficient (Wildman–Crippen LogP) is 1.79. The van der Waals surface area contributed by atoms with Crippen molar-refractivity contribution in [3.63, 3.8) is 0 Å². The van der Waals surface area contributed by atoms with Gasteiger partial charge in [0.05, 0.1) is 5.56 Å². The van der Waals surface area contributed by atoms with Gasteiger partial charge in [-0.3, -0.25) is 4.79 Å². The summed E-state index contributed by atoms with van der Waals surface area (Å²) >= 11 is 0. The zero-order valence-corrected chi connectivity index (χ0v) is 11.8. The molecule has 2 rings (SSSR count). The molecule has 1 atom stereocenters. The number of carbonyl (C=O) groups excluding carboxylic acids is 1. The van der Waals surface area contributed by atoms with Gasteiger partial charge in [0.1, 0.15) is 0 Å². The van der Waals surface area contributed by atoms with E-state index in [0.717, 1.165) is 25.2 Å². The van der Waals surface area contributed by atoms with Gasteiger partial charge in [-0.05, 0) is 57.5 Å². The molecule has 19 heavy (non-hydrogen) atoms. The van der Waals surface area contributed by atoms with Gasteiger partial charge in [0.2, 0.25) is 0 Å². The second-order valence-corrected chi connectivity index (χ2v) is 5.47. The highest BCUT2D eigenvalue weighted by Crippen LogP contribution is 2.14. The fraction of sp³-hybridized carbons (Fsp3) is 0.533. The number of nitrogens with two attached hydrogens (primary N) is 1. The molecular weight excluding hydrogens is 238 g/mol. The van der Waals surface area contributed by atoms with Gasteiger partial charge in [-0.15, -0.1) is 0 Å². The zero-order valence-electron chi connectivity index (χ0n) is 11.8. The van der Waals surface area contributed by atoms with Gasteiger partial charge in [0.15, 0.2) is 0 Å². The lowest BCUT2D eigenvalue weighted by Gasteiger charge is -2.21. The van der Waals surface area contributed by atoms with Crippen molar-refractivity contribution >= 4 is 11.6 Å². The average Bonchev–Trinajstić information content (AvgIpc) is 2.81.